The molecule has 120 valence electrons. The molecule has 0 amide bonds. The first-order chi connectivity index (χ1) is 9.87. The highest BCUT2D eigenvalue weighted by atomic mass is 79.9. The number of halogens is 1. The lowest BCUT2D eigenvalue weighted by atomic mass is 10.2. The molecule has 0 aliphatic carbocycles. The Labute approximate surface area is 135 Å². The number of methoxy groups -OCH3 is 1. The van der Waals surface area contributed by atoms with Gasteiger partial charge in [0.2, 0.25) is 0 Å². The van der Waals surface area contributed by atoms with Gasteiger partial charge in [0, 0.05) is 19.3 Å². The van der Waals surface area contributed by atoms with Gasteiger partial charge < -0.3 is 14.8 Å². The second-order valence-electron chi connectivity index (χ2n) is 4.76. The Morgan fingerprint density at radius 2 is 2.05 bits per heavy atom. The molecule has 21 heavy (non-hydrogen) atoms. The Kier molecular flexibility index (Phi) is 7.48. The van der Waals surface area contributed by atoms with E-state index >= 15 is 0 Å². The summed E-state index contributed by atoms with van der Waals surface area (Å²) in [6.07, 6.45) is 2.15. The molecule has 0 spiro atoms. The number of nitrogens with one attached hydrogen (secondary N) is 1. The largest absolute Gasteiger partial charge is 0.493 e. The molecule has 0 saturated carbocycles. The summed E-state index contributed by atoms with van der Waals surface area (Å²) in [4.78, 5) is 0. The lowest BCUT2D eigenvalue weighted by molar-refractivity contribution is 0.292. The smallest absolute Gasteiger partial charge is 0.175 e. The molecule has 5 nitrogen and oxygen atoms in total. The average Bonchev–Trinajstić information content (AvgIpc) is 2.41. The zero-order valence-corrected chi connectivity index (χ0v) is 15.0. The molecule has 7 heteroatoms. The molecule has 0 atom stereocenters. The molecule has 0 aliphatic heterocycles. The van der Waals surface area contributed by atoms with Gasteiger partial charge in [0.15, 0.2) is 11.5 Å². The van der Waals surface area contributed by atoms with Crippen LogP contribution >= 0.6 is 15.9 Å². The second-order valence-corrected chi connectivity index (χ2v) is 7.88. The fraction of sp³-hybridized carbons (Fsp3) is 0.571. The highest BCUT2D eigenvalue weighted by molar-refractivity contribution is 9.10. The summed E-state index contributed by atoms with van der Waals surface area (Å²) in [5, 5.41) is 3.10. The van der Waals surface area contributed by atoms with Crippen LogP contribution in [0.1, 0.15) is 18.9 Å². The maximum atomic E-state index is 11.1. The molecule has 0 bridgehead atoms. The molecular formula is C14H22BrNO4S. The minimum atomic E-state index is -2.93. The van der Waals surface area contributed by atoms with Crippen LogP contribution in [-0.4, -0.2) is 40.7 Å². The number of benzene rings is 1. The fourth-order valence-electron chi connectivity index (χ4n) is 1.71. The van der Waals surface area contributed by atoms with Gasteiger partial charge in [0.25, 0.3) is 0 Å². The van der Waals surface area contributed by atoms with Gasteiger partial charge >= 0.3 is 0 Å². The molecule has 0 heterocycles. The third kappa shape index (κ3) is 6.67. The van der Waals surface area contributed by atoms with Crippen LogP contribution < -0.4 is 14.8 Å². The van der Waals surface area contributed by atoms with E-state index in [1.807, 2.05) is 19.1 Å². The molecule has 0 radical (unpaired) electrons. The van der Waals surface area contributed by atoms with Crippen molar-refractivity contribution in [2.75, 3.05) is 32.3 Å². The molecule has 1 aromatic carbocycles. The predicted octanol–water partition coefficient (Wildman–Crippen LogP) is 2.38. The molecular weight excluding hydrogens is 358 g/mol. The van der Waals surface area contributed by atoms with Crippen LogP contribution in [-0.2, 0) is 16.4 Å². The molecule has 0 aliphatic rings. The lowest BCUT2D eigenvalue weighted by Gasteiger charge is -2.14. The Bertz CT molecular complexity index is 560. The maximum Gasteiger partial charge on any atom is 0.175 e. The summed E-state index contributed by atoms with van der Waals surface area (Å²) in [5.74, 6) is 1.49. The normalized spacial score (nSPS) is 11.4. The second kappa shape index (κ2) is 8.60. The van der Waals surface area contributed by atoms with E-state index in [1.165, 1.54) is 6.26 Å². The Balaban J connectivity index is 2.70. The van der Waals surface area contributed by atoms with E-state index < -0.39 is 9.84 Å². The number of ether oxygens (including phenoxy) is 2. The number of hydrogen-bond donors (Lipinski definition) is 1. The van der Waals surface area contributed by atoms with E-state index in [-0.39, 0.29) is 5.75 Å². The van der Waals surface area contributed by atoms with Crippen LogP contribution in [0, 0.1) is 0 Å². The van der Waals surface area contributed by atoms with Gasteiger partial charge in [0.05, 0.1) is 23.9 Å². The van der Waals surface area contributed by atoms with Crippen LogP contribution in [0.4, 0.5) is 0 Å². The topological polar surface area (TPSA) is 64.6 Å². The van der Waals surface area contributed by atoms with Crippen molar-refractivity contribution in [2.24, 2.45) is 0 Å². The lowest BCUT2D eigenvalue weighted by Crippen LogP contribution is -2.22. The Morgan fingerprint density at radius 3 is 2.62 bits per heavy atom. The monoisotopic (exact) mass is 379 g/mol. The Hall–Kier alpha value is -0.790. The van der Waals surface area contributed by atoms with Crippen LogP contribution in [0.15, 0.2) is 16.6 Å². The van der Waals surface area contributed by atoms with Crippen LogP contribution in [0.25, 0.3) is 0 Å². The molecule has 1 N–H and O–H groups in total. The average molecular weight is 380 g/mol. The van der Waals surface area contributed by atoms with E-state index in [0.717, 1.165) is 16.5 Å². The van der Waals surface area contributed by atoms with Crippen molar-refractivity contribution >= 4 is 25.8 Å². The van der Waals surface area contributed by atoms with E-state index in [0.29, 0.717) is 31.2 Å². The zero-order chi connectivity index (χ0) is 15.9. The standard InChI is InChI=1S/C14H22BrNO4S/c1-4-6-20-14-12(15)8-11(9-13(14)19-2)10-16-5-7-21(3,17)18/h8-9,16H,4-7,10H2,1-3H3. The summed E-state index contributed by atoms with van der Waals surface area (Å²) in [5.41, 5.74) is 0.996. The minimum absolute atomic E-state index is 0.128. The van der Waals surface area contributed by atoms with Gasteiger partial charge in [-0.25, -0.2) is 8.42 Å². The van der Waals surface area contributed by atoms with Gasteiger partial charge in [-0.15, -0.1) is 0 Å². The van der Waals surface area contributed by atoms with E-state index in [2.05, 4.69) is 21.2 Å². The summed E-state index contributed by atoms with van der Waals surface area (Å²) in [7, 11) is -1.33. The van der Waals surface area contributed by atoms with Crippen molar-refractivity contribution in [3.63, 3.8) is 0 Å². The van der Waals surface area contributed by atoms with Crippen LogP contribution in [0.3, 0.4) is 0 Å². The van der Waals surface area contributed by atoms with Crippen molar-refractivity contribution in [1.82, 2.24) is 5.32 Å². The van der Waals surface area contributed by atoms with Gasteiger partial charge in [-0.3, -0.25) is 0 Å². The molecule has 1 rings (SSSR count). The van der Waals surface area contributed by atoms with Crippen molar-refractivity contribution in [1.29, 1.82) is 0 Å². The quantitative estimate of drug-likeness (QED) is 0.667. The van der Waals surface area contributed by atoms with Crippen molar-refractivity contribution < 1.29 is 17.9 Å². The summed E-state index contributed by atoms with van der Waals surface area (Å²) in [6.45, 7) is 3.66. The highest BCUT2D eigenvalue weighted by Crippen LogP contribution is 2.36. The van der Waals surface area contributed by atoms with E-state index in [1.54, 1.807) is 7.11 Å². The fourth-order valence-corrected chi connectivity index (χ4v) is 2.83. The molecule has 0 aromatic heterocycles. The number of hydrogen-bond acceptors (Lipinski definition) is 5. The summed E-state index contributed by atoms with van der Waals surface area (Å²) in [6, 6.07) is 3.84. The molecule has 1 aromatic rings. The number of rotatable bonds is 9. The third-order valence-electron chi connectivity index (χ3n) is 2.72. The number of sulfone groups is 1. The van der Waals surface area contributed by atoms with Gasteiger partial charge in [-0.1, -0.05) is 6.92 Å². The van der Waals surface area contributed by atoms with Gasteiger partial charge in [-0.05, 0) is 40.0 Å². The molecule has 0 unspecified atom stereocenters. The first-order valence-corrected chi connectivity index (χ1v) is 9.60. The van der Waals surface area contributed by atoms with E-state index in [4.69, 9.17) is 9.47 Å². The Morgan fingerprint density at radius 1 is 1.33 bits per heavy atom. The van der Waals surface area contributed by atoms with E-state index in [9.17, 15) is 8.42 Å². The van der Waals surface area contributed by atoms with Crippen LogP contribution in [0.5, 0.6) is 11.5 Å². The van der Waals surface area contributed by atoms with Crippen molar-refractivity contribution in [3.8, 4) is 11.5 Å². The highest BCUT2D eigenvalue weighted by Gasteiger charge is 2.11. The molecule has 0 fully saturated rings. The van der Waals surface area contributed by atoms with Crippen LogP contribution in [0.2, 0.25) is 0 Å². The van der Waals surface area contributed by atoms with Gasteiger partial charge in [-0.2, -0.15) is 0 Å². The first-order valence-electron chi connectivity index (χ1n) is 6.75. The summed E-state index contributed by atoms with van der Waals surface area (Å²) >= 11 is 3.48. The van der Waals surface area contributed by atoms with Crippen molar-refractivity contribution in [2.45, 2.75) is 19.9 Å². The SMILES string of the molecule is CCCOc1c(Br)cc(CNCCS(C)(=O)=O)cc1OC. The zero-order valence-electron chi connectivity index (χ0n) is 12.6. The predicted molar refractivity (Wildman–Crippen MR) is 87.9 cm³/mol. The van der Waals surface area contributed by atoms with Gasteiger partial charge in [0.1, 0.15) is 9.84 Å². The molecule has 0 saturated heterocycles. The van der Waals surface area contributed by atoms with Crippen molar-refractivity contribution in [3.05, 3.63) is 22.2 Å². The minimum Gasteiger partial charge on any atom is -0.493 e. The third-order valence-corrected chi connectivity index (χ3v) is 4.25. The first kappa shape index (κ1) is 18.3. The summed E-state index contributed by atoms with van der Waals surface area (Å²) < 4.78 is 34.0. The maximum absolute atomic E-state index is 11.1.